The van der Waals surface area contributed by atoms with E-state index in [0.29, 0.717) is 18.0 Å². The van der Waals surface area contributed by atoms with Crippen molar-refractivity contribution in [2.45, 2.75) is 46.7 Å². The van der Waals surface area contributed by atoms with Crippen molar-refractivity contribution in [2.75, 3.05) is 11.5 Å². The fourth-order valence-corrected chi connectivity index (χ4v) is 6.05. The maximum Gasteiger partial charge on any atom is 0.227 e. The zero-order valence-electron chi connectivity index (χ0n) is 16.4. The molecule has 1 aromatic carbocycles. The molecule has 1 saturated carbocycles. The van der Waals surface area contributed by atoms with Crippen molar-refractivity contribution in [3.63, 3.8) is 0 Å². The van der Waals surface area contributed by atoms with E-state index in [1.807, 2.05) is 26.0 Å². The third-order valence-corrected chi connectivity index (χ3v) is 7.89. The lowest BCUT2D eigenvalue weighted by Crippen LogP contribution is -2.42. The van der Waals surface area contributed by atoms with Crippen LogP contribution in [0.5, 0.6) is 0 Å². The van der Waals surface area contributed by atoms with Gasteiger partial charge in [0.1, 0.15) is 0 Å². The highest BCUT2D eigenvalue weighted by Crippen LogP contribution is 2.60. The van der Waals surface area contributed by atoms with Crippen molar-refractivity contribution in [1.29, 1.82) is 0 Å². The largest absolute Gasteiger partial charge is 0.334 e. The van der Waals surface area contributed by atoms with Gasteiger partial charge >= 0.3 is 0 Å². The number of hydrogen-bond donors (Lipinski definition) is 0. The predicted molar refractivity (Wildman–Crippen MR) is 109 cm³/mol. The molecule has 1 aliphatic carbocycles. The Morgan fingerprint density at radius 3 is 2.41 bits per heavy atom. The Labute approximate surface area is 167 Å². The van der Waals surface area contributed by atoms with E-state index in [4.69, 9.17) is 11.6 Å². The Bertz CT molecular complexity index is 854. The summed E-state index contributed by atoms with van der Waals surface area (Å²) in [5.74, 6) is 0.406. The van der Waals surface area contributed by atoms with Gasteiger partial charge in [-0.3, -0.25) is 4.79 Å². The summed E-state index contributed by atoms with van der Waals surface area (Å²) in [5, 5.41) is 0.645. The van der Waals surface area contributed by atoms with Gasteiger partial charge in [0, 0.05) is 17.6 Å². The quantitative estimate of drug-likeness (QED) is 0.688. The van der Waals surface area contributed by atoms with Crippen molar-refractivity contribution >= 4 is 27.3 Å². The molecule has 1 heterocycles. The van der Waals surface area contributed by atoms with Crippen LogP contribution in [0.3, 0.4) is 0 Å². The Balaban J connectivity index is 1.86. The second kappa shape index (κ2) is 7.25. The highest BCUT2D eigenvalue weighted by molar-refractivity contribution is 7.91. The Kier molecular flexibility index (Phi) is 5.48. The summed E-state index contributed by atoms with van der Waals surface area (Å²) in [6.45, 7) is 8.75. The zero-order chi connectivity index (χ0) is 20.0. The zero-order valence-corrected chi connectivity index (χ0v) is 18.0. The lowest BCUT2D eigenvalue weighted by Gasteiger charge is -2.29. The summed E-state index contributed by atoms with van der Waals surface area (Å²) in [5.41, 5.74) is 2.08. The molecule has 1 saturated heterocycles. The van der Waals surface area contributed by atoms with Gasteiger partial charge in [-0.1, -0.05) is 49.2 Å². The van der Waals surface area contributed by atoms with E-state index in [9.17, 15) is 13.2 Å². The molecule has 1 aliphatic heterocycles. The molecule has 2 fully saturated rings. The number of benzene rings is 1. The van der Waals surface area contributed by atoms with E-state index in [1.54, 1.807) is 17.0 Å². The van der Waals surface area contributed by atoms with E-state index in [2.05, 4.69) is 19.9 Å². The van der Waals surface area contributed by atoms with Crippen LogP contribution in [0.25, 0.3) is 0 Å². The topological polar surface area (TPSA) is 54.5 Å². The van der Waals surface area contributed by atoms with Gasteiger partial charge in [-0.15, -0.1) is 0 Å². The summed E-state index contributed by atoms with van der Waals surface area (Å²) in [7, 11) is -3.07. The molecule has 0 radical (unpaired) electrons. The van der Waals surface area contributed by atoms with Crippen molar-refractivity contribution in [3.8, 4) is 0 Å². The summed E-state index contributed by atoms with van der Waals surface area (Å²) in [4.78, 5) is 15.3. The molecule has 0 N–H and O–H groups in total. The molecule has 1 amide bonds. The average Bonchev–Trinajstić information content (AvgIpc) is 2.90. The molecular weight excluding hydrogens is 382 g/mol. The van der Waals surface area contributed by atoms with Crippen LogP contribution >= 0.6 is 11.6 Å². The molecule has 3 atom stereocenters. The summed E-state index contributed by atoms with van der Waals surface area (Å²) in [6, 6.07) is 7.16. The minimum atomic E-state index is -3.07. The molecule has 6 heteroatoms. The highest BCUT2D eigenvalue weighted by Gasteiger charge is 2.61. The maximum atomic E-state index is 13.5. The van der Waals surface area contributed by atoms with Crippen LogP contribution in [-0.4, -0.2) is 36.8 Å². The van der Waals surface area contributed by atoms with E-state index < -0.39 is 9.84 Å². The van der Waals surface area contributed by atoms with E-state index in [-0.39, 0.29) is 40.7 Å². The van der Waals surface area contributed by atoms with Crippen molar-refractivity contribution in [2.24, 2.45) is 17.3 Å². The van der Waals surface area contributed by atoms with Gasteiger partial charge in [0.15, 0.2) is 9.84 Å². The molecular formula is C21H28ClNO3S. The Hall–Kier alpha value is -1.33. The second-order valence-electron chi connectivity index (χ2n) is 8.72. The minimum Gasteiger partial charge on any atom is -0.334 e. The predicted octanol–water partition coefficient (Wildman–Crippen LogP) is 4.09. The van der Waals surface area contributed by atoms with Gasteiger partial charge in [-0.25, -0.2) is 8.42 Å². The lowest BCUT2D eigenvalue weighted by atomic mass is 10.1. The number of carbonyl (C=O) groups is 1. The fraction of sp³-hybridized carbons (Fsp3) is 0.571. The first-order chi connectivity index (χ1) is 12.5. The number of amides is 1. The van der Waals surface area contributed by atoms with Crippen LogP contribution in [0, 0.1) is 17.3 Å². The smallest absolute Gasteiger partial charge is 0.227 e. The lowest BCUT2D eigenvalue weighted by molar-refractivity contribution is -0.136. The maximum absolute atomic E-state index is 13.5. The molecule has 148 valence electrons. The summed E-state index contributed by atoms with van der Waals surface area (Å²) in [6.07, 6.45) is 2.69. The van der Waals surface area contributed by atoms with Crippen molar-refractivity contribution in [1.82, 2.24) is 4.90 Å². The number of halogens is 1. The van der Waals surface area contributed by atoms with E-state index in [1.165, 1.54) is 5.57 Å². The summed E-state index contributed by atoms with van der Waals surface area (Å²) >= 11 is 5.97. The van der Waals surface area contributed by atoms with Gasteiger partial charge in [-0.2, -0.15) is 0 Å². The average molecular weight is 410 g/mol. The molecule has 0 bridgehead atoms. The summed E-state index contributed by atoms with van der Waals surface area (Å²) < 4.78 is 24.0. The number of carbonyl (C=O) groups excluding carboxylic acids is 1. The first-order valence-electron chi connectivity index (χ1n) is 9.41. The molecule has 0 spiro atoms. The normalized spacial score (nSPS) is 27.8. The van der Waals surface area contributed by atoms with Crippen LogP contribution in [0.1, 0.15) is 39.7 Å². The molecule has 1 aromatic rings. The van der Waals surface area contributed by atoms with Gasteiger partial charge < -0.3 is 4.90 Å². The van der Waals surface area contributed by atoms with Crippen molar-refractivity contribution in [3.05, 3.63) is 46.5 Å². The second-order valence-corrected chi connectivity index (χ2v) is 11.4. The van der Waals surface area contributed by atoms with Gasteiger partial charge in [-0.05, 0) is 49.3 Å². The van der Waals surface area contributed by atoms with Gasteiger partial charge in [0.25, 0.3) is 0 Å². The molecule has 27 heavy (non-hydrogen) atoms. The standard InChI is InChI=1S/C21H28ClNO3S/c1-14(2)11-18-19(21(18,3)4)20(24)23(17-9-10-27(25,26)13-17)12-15-5-7-16(22)8-6-15/h5-8,11,17-19H,9-10,12-13H2,1-4H3/t17-,18+,19+/m1/s1. The first kappa shape index (κ1) is 20.4. The van der Waals surface area contributed by atoms with Gasteiger partial charge in [0.05, 0.1) is 17.4 Å². The minimum absolute atomic E-state index is 0.0623. The number of sulfone groups is 1. The molecule has 4 nitrogen and oxygen atoms in total. The highest BCUT2D eigenvalue weighted by atomic mass is 35.5. The SMILES string of the molecule is CC(C)=C[C@H]1[C@@H](C(=O)N(Cc2ccc(Cl)cc2)[C@@H]2CCS(=O)(=O)C2)C1(C)C. The van der Waals surface area contributed by atoms with Crippen LogP contribution in [0.15, 0.2) is 35.9 Å². The van der Waals surface area contributed by atoms with Crippen LogP contribution < -0.4 is 0 Å². The van der Waals surface area contributed by atoms with E-state index >= 15 is 0 Å². The Morgan fingerprint density at radius 2 is 1.89 bits per heavy atom. The first-order valence-corrected chi connectivity index (χ1v) is 11.6. The number of rotatable bonds is 5. The van der Waals surface area contributed by atoms with Crippen LogP contribution in [-0.2, 0) is 21.2 Å². The van der Waals surface area contributed by atoms with Crippen molar-refractivity contribution < 1.29 is 13.2 Å². The van der Waals surface area contributed by atoms with Gasteiger partial charge in [0.2, 0.25) is 5.91 Å². The molecule has 0 aromatic heterocycles. The number of allylic oxidation sites excluding steroid dienone is 2. The Morgan fingerprint density at radius 1 is 1.26 bits per heavy atom. The monoisotopic (exact) mass is 409 g/mol. The fourth-order valence-electron chi connectivity index (χ4n) is 4.19. The third kappa shape index (κ3) is 4.40. The molecule has 0 unspecified atom stereocenters. The molecule has 2 aliphatic rings. The molecule has 3 rings (SSSR count). The van der Waals surface area contributed by atoms with Crippen LogP contribution in [0.2, 0.25) is 5.02 Å². The number of hydrogen-bond acceptors (Lipinski definition) is 3. The van der Waals surface area contributed by atoms with Crippen LogP contribution in [0.4, 0.5) is 0 Å². The third-order valence-electron chi connectivity index (χ3n) is 5.89. The number of nitrogens with zero attached hydrogens (tertiary/aromatic N) is 1. The van der Waals surface area contributed by atoms with E-state index in [0.717, 1.165) is 5.56 Å².